The minimum atomic E-state index is -1.06. The predicted octanol–water partition coefficient (Wildman–Crippen LogP) is 1.80. The highest BCUT2D eigenvalue weighted by Crippen LogP contribution is 2.30. The first-order valence-corrected chi connectivity index (χ1v) is 4.16. The lowest BCUT2D eigenvalue weighted by atomic mass is 10.2. The molecule has 5 heteroatoms. The lowest BCUT2D eigenvalue weighted by molar-refractivity contribution is 0.185. The number of phenolic OH excluding ortho intramolecular Hbond substituents is 1. The Morgan fingerprint density at radius 2 is 2.20 bits per heavy atom. The normalized spacial score (nSPS) is 10.5. The van der Waals surface area contributed by atoms with E-state index in [-0.39, 0.29) is 17.1 Å². The highest BCUT2D eigenvalue weighted by molar-refractivity contribution is 5.80. The third-order valence-electron chi connectivity index (χ3n) is 1.91. The van der Waals surface area contributed by atoms with Crippen molar-refractivity contribution in [3.63, 3.8) is 0 Å². The van der Waals surface area contributed by atoms with Crippen molar-refractivity contribution in [1.82, 2.24) is 0 Å². The number of halogens is 1. The molecule has 0 saturated carbocycles. The van der Waals surface area contributed by atoms with Gasteiger partial charge >= 0.3 is 5.63 Å². The largest absolute Gasteiger partial charge is 0.504 e. The zero-order chi connectivity index (χ0) is 10.8. The summed E-state index contributed by atoms with van der Waals surface area (Å²) in [6.07, 6.45) is 0. The Kier molecular flexibility index (Phi) is 2.29. The van der Waals surface area contributed by atoms with Crippen LogP contribution >= 0.6 is 0 Å². The van der Waals surface area contributed by atoms with E-state index in [1.54, 1.807) is 0 Å². The van der Waals surface area contributed by atoms with Gasteiger partial charge < -0.3 is 14.3 Å². The standard InChI is InChI=1S/C10H7FO4/c11-5-14-9-4-8-6(3-7(9)12)1-2-10(13)15-8/h1-4,12H,5H2. The fourth-order valence-corrected chi connectivity index (χ4v) is 1.26. The molecule has 0 amide bonds. The molecule has 0 fully saturated rings. The van der Waals surface area contributed by atoms with E-state index >= 15 is 0 Å². The number of ether oxygens (including phenoxy) is 1. The summed E-state index contributed by atoms with van der Waals surface area (Å²) in [5.41, 5.74) is -0.275. The first kappa shape index (κ1) is 9.51. The van der Waals surface area contributed by atoms with Crippen LogP contribution in [0.1, 0.15) is 0 Å². The summed E-state index contributed by atoms with van der Waals surface area (Å²) in [4.78, 5) is 10.9. The average molecular weight is 210 g/mol. The molecular weight excluding hydrogens is 203 g/mol. The van der Waals surface area contributed by atoms with Crippen molar-refractivity contribution in [3.05, 3.63) is 34.7 Å². The molecule has 0 aliphatic rings. The number of phenols is 1. The van der Waals surface area contributed by atoms with Gasteiger partial charge in [-0.15, -0.1) is 0 Å². The van der Waals surface area contributed by atoms with Crippen LogP contribution in [0.15, 0.2) is 33.5 Å². The van der Waals surface area contributed by atoms with Crippen LogP contribution in [-0.2, 0) is 0 Å². The molecule has 1 N–H and O–H groups in total. The molecule has 2 aromatic rings. The van der Waals surface area contributed by atoms with Crippen LogP contribution in [0.3, 0.4) is 0 Å². The Balaban J connectivity index is 2.66. The van der Waals surface area contributed by atoms with Crippen molar-refractivity contribution >= 4 is 11.0 Å². The number of alkyl halides is 1. The van der Waals surface area contributed by atoms with E-state index in [0.29, 0.717) is 5.39 Å². The highest BCUT2D eigenvalue weighted by Gasteiger charge is 2.06. The molecule has 0 saturated heterocycles. The van der Waals surface area contributed by atoms with Crippen molar-refractivity contribution < 1.29 is 18.7 Å². The molecule has 0 aliphatic carbocycles. The number of rotatable bonds is 2. The second-order valence-electron chi connectivity index (χ2n) is 2.87. The molecule has 1 heterocycles. The molecule has 0 atom stereocenters. The summed E-state index contributed by atoms with van der Waals surface area (Å²) in [5.74, 6) is -0.256. The molecular formula is C10H7FO4. The SMILES string of the molecule is O=c1ccc2cc(O)c(OCF)cc2o1. The smallest absolute Gasteiger partial charge is 0.336 e. The predicted molar refractivity (Wildman–Crippen MR) is 50.8 cm³/mol. The van der Waals surface area contributed by atoms with Crippen LogP contribution in [0.2, 0.25) is 0 Å². The minimum absolute atomic E-state index is 0.0562. The Morgan fingerprint density at radius 3 is 2.93 bits per heavy atom. The fourth-order valence-electron chi connectivity index (χ4n) is 1.26. The van der Waals surface area contributed by atoms with Gasteiger partial charge in [-0.25, -0.2) is 9.18 Å². The van der Waals surface area contributed by atoms with Crippen LogP contribution in [0.5, 0.6) is 11.5 Å². The van der Waals surface area contributed by atoms with Gasteiger partial charge in [0.1, 0.15) is 5.58 Å². The molecule has 0 unspecified atom stereocenters. The summed E-state index contributed by atoms with van der Waals surface area (Å²) in [7, 11) is 0. The lowest BCUT2D eigenvalue weighted by Crippen LogP contribution is -1.95. The maximum absolute atomic E-state index is 11.9. The van der Waals surface area contributed by atoms with Crippen LogP contribution in [0.4, 0.5) is 4.39 Å². The van der Waals surface area contributed by atoms with Crippen LogP contribution < -0.4 is 10.4 Å². The van der Waals surface area contributed by atoms with Crippen LogP contribution in [0.25, 0.3) is 11.0 Å². The average Bonchev–Trinajstić information content (AvgIpc) is 2.20. The molecule has 0 radical (unpaired) electrons. The molecule has 15 heavy (non-hydrogen) atoms. The van der Waals surface area contributed by atoms with Gasteiger partial charge in [-0.05, 0) is 12.1 Å². The lowest BCUT2D eigenvalue weighted by Gasteiger charge is -2.04. The van der Waals surface area contributed by atoms with Crippen molar-refractivity contribution in [2.75, 3.05) is 6.86 Å². The highest BCUT2D eigenvalue weighted by atomic mass is 19.1. The molecule has 0 bridgehead atoms. The molecule has 0 spiro atoms. The van der Waals surface area contributed by atoms with E-state index in [9.17, 15) is 14.3 Å². The van der Waals surface area contributed by atoms with Gasteiger partial charge in [0, 0.05) is 17.5 Å². The van der Waals surface area contributed by atoms with Gasteiger partial charge in [-0.3, -0.25) is 0 Å². The number of aromatic hydroxyl groups is 1. The molecule has 2 rings (SSSR count). The molecule has 78 valence electrons. The van der Waals surface area contributed by atoms with Crippen molar-refractivity contribution in [1.29, 1.82) is 0 Å². The monoisotopic (exact) mass is 210 g/mol. The van der Waals surface area contributed by atoms with Gasteiger partial charge in [0.05, 0.1) is 0 Å². The Bertz CT molecular complexity index is 547. The Hall–Kier alpha value is -2.04. The summed E-state index contributed by atoms with van der Waals surface area (Å²) >= 11 is 0. The zero-order valence-corrected chi connectivity index (χ0v) is 7.57. The van der Waals surface area contributed by atoms with Gasteiger partial charge in [0.2, 0.25) is 6.86 Å². The Labute approximate surface area is 83.5 Å². The van der Waals surface area contributed by atoms with Crippen molar-refractivity contribution in [2.45, 2.75) is 0 Å². The van der Waals surface area contributed by atoms with Crippen molar-refractivity contribution in [2.24, 2.45) is 0 Å². The Morgan fingerprint density at radius 1 is 1.40 bits per heavy atom. The van der Waals surface area contributed by atoms with Crippen LogP contribution in [0, 0.1) is 0 Å². The van der Waals surface area contributed by atoms with E-state index in [0.717, 1.165) is 0 Å². The summed E-state index contributed by atoms with van der Waals surface area (Å²) in [6, 6.07) is 5.34. The molecule has 1 aromatic heterocycles. The van der Waals surface area contributed by atoms with Crippen molar-refractivity contribution in [3.8, 4) is 11.5 Å². The van der Waals surface area contributed by atoms with Crippen LogP contribution in [-0.4, -0.2) is 12.0 Å². The zero-order valence-electron chi connectivity index (χ0n) is 7.57. The minimum Gasteiger partial charge on any atom is -0.504 e. The molecule has 0 aliphatic heterocycles. The molecule has 4 nitrogen and oxygen atoms in total. The van der Waals surface area contributed by atoms with E-state index in [1.165, 1.54) is 24.3 Å². The van der Waals surface area contributed by atoms with E-state index in [1.807, 2.05) is 0 Å². The second kappa shape index (κ2) is 3.61. The number of hydrogen-bond donors (Lipinski definition) is 1. The quantitative estimate of drug-likeness (QED) is 0.768. The third-order valence-corrected chi connectivity index (χ3v) is 1.91. The maximum Gasteiger partial charge on any atom is 0.336 e. The van der Waals surface area contributed by atoms with E-state index in [4.69, 9.17) is 4.42 Å². The van der Waals surface area contributed by atoms with Gasteiger partial charge in [0.15, 0.2) is 11.5 Å². The fraction of sp³-hybridized carbons (Fsp3) is 0.100. The maximum atomic E-state index is 11.9. The number of fused-ring (bicyclic) bond motifs is 1. The van der Waals surface area contributed by atoms with Gasteiger partial charge in [-0.2, -0.15) is 0 Å². The van der Waals surface area contributed by atoms with Gasteiger partial charge in [-0.1, -0.05) is 0 Å². The summed E-state index contributed by atoms with van der Waals surface area (Å²) < 4.78 is 21.3. The second-order valence-corrected chi connectivity index (χ2v) is 2.87. The summed E-state index contributed by atoms with van der Waals surface area (Å²) in [5, 5.41) is 9.94. The third kappa shape index (κ3) is 1.76. The van der Waals surface area contributed by atoms with Gasteiger partial charge in [0.25, 0.3) is 0 Å². The van der Waals surface area contributed by atoms with E-state index < -0.39 is 12.5 Å². The van der Waals surface area contributed by atoms with E-state index in [2.05, 4.69) is 4.74 Å². The summed E-state index contributed by atoms with van der Waals surface area (Å²) in [6.45, 7) is -1.06. The number of hydrogen-bond acceptors (Lipinski definition) is 4. The molecule has 1 aromatic carbocycles. The topological polar surface area (TPSA) is 59.7 Å². The first-order valence-electron chi connectivity index (χ1n) is 4.16. The number of benzene rings is 1. The first-order chi connectivity index (χ1) is 7.20.